The third-order valence-electron chi connectivity index (χ3n) is 4.11. The molecule has 0 aliphatic rings. The lowest BCUT2D eigenvalue weighted by atomic mass is 10.2. The summed E-state index contributed by atoms with van der Waals surface area (Å²) in [5, 5.41) is 4.75. The van der Waals surface area contributed by atoms with Crippen molar-refractivity contribution in [1.29, 1.82) is 0 Å². The molecule has 1 amide bonds. The van der Waals surface area contributed by atoms with Crippen LogP contribution < -0.4 is 10.2 Å². The van der Waals surface area contributed by atoms with E-state index in [-0.39, 0.29) is 11.7 Å². The molecule has 0 aliphatic heterocycles. The number of hydrazone groups is 1. The maximum absolute atomic E-state index is 12.0. The highest BCUT2D eigenvalue weighted by molar-refractivity contribution is 14.1. The van der Waals surface area contributed by atoms with Gasteiger partial charge in [0.15, 0.2) is 0 Å². The van der Waals surface area contributed by atoms with Crippen molar-refractivity contribution < 1.29 is 9.53 Å². The number of hydrogen-bond donors (Lipinski definition) is 1. The highest BCUT2D eigenvalue weighted by Gasteiger charge is 2.09. The number of nitrogens with zero attached hydrogens (tertiary/aromatic N) is 1. The van der Waals surface area contributed by atoms with Crippen LogP contribution in [0.25, 0.3) is 0 Å². The monoisotopic (exact) mass is 676 g/mol. The number of nitrogens with one attached hydrogen (secondary N) is 1. The van der Waals surface area contributed by atoms with Crippen molar-refractivity contribution >= 4 is 80.7 Å². The van der Waals surface area contributed by atoms with Crippen LogP contribution >= 0.6 is 68.5 Å². The Morgan fingerprint density at radius 3 is 2.39 bits per heavy atom. The molecule has 0 atom stereocenters. The lowest BCUT2D eigenvalue weighted by Crippen LogP contribution is -2.19. The first kappa shape index (κ1) is 24.3. The van der Waals surface area contributed by atoms with Gasteiger partial charge in [-0.25, -0.2) is 5.43 Å². The highest BCUT2D eigenvalue weighted by atomic mass is 127. The summed E-state index contributed by atoms with van der Waals surface area (Å²) in [7, 11) is 0. The smallest absolute Gasteiger partial charge is 0.250 e. The molecule has 0 bridgehead atoms. The summed E-state index contributed by atoms with van der Waals surface area (Å²) < 4.78 is 8.01. The maximum Gasteiger partial charge on any atom is 0.250 e. The second-order valence-electron chi connectivity index (χ2n) is 6.62. The van der Waals surface area contributed by atoms with Gasteiger partial charge >= 0.3 is 0 Å². The average molecular weight is 677 g/mol. The van der Waals surface area contributed by atoms with Crippen molar-refractivity contribution in [3.63, 3.8) is 0 Å². The normalized spacial score (nSPS) is 11.0. The molecule has 31 heavy (non-hydrogen) atoms. The molecule has 0 heterocycles. The predicted molar refractivity (Wildman–Crippen MR) is 145 cm³/mol. The standard InChI is InChI=1S/C23H19ClI2N2O2S/c1-15-2-4-16(5-3-15)13-30-23-20(25)10-17(11-21(23)26)12-27-28-22(29)14-31-19-8-6-18(24)7-9-19/h2-12H,13-14H2,1H3,(H,28,29)/b27-12-. The van der Waals surface area contributed by atoms with Crippen LogP contribution in [0.5, 0.6) is 5.75 Å². The Morgan fingerprint density at radius 2 is 1.74 bits per heavy atom. The molecular formula is C23H19ClI2N2O2S. The highest BCUT2D eigenvalue weighted by Crippen LogP contribution is 2.29. The number of thioether (sulfide) groups is 1. The van der Waals surface area contributed by atoms with Crippen molar-refractivity contribution in [2.45, 2.75) is 18.4 Å². The Balaban J connectivity index is 1.52. The van der Waals surface area contributed by atoms with Crippen LogP contribution in [0.4, 0.5) is 0 Å². The quantitative estimate of drug-likeness (QED) is 0.125. The van der Waals surface area contributed by atoms with Gasteiger partial charge in [0.2, 0.25) is 5.91 Å². The first-order chi connectivity index (χ1) is 14.9. The van der Waals surface area contributed by atoms with Crippen LogP contribution in [0.1, 0.15) is 16.7 Å². The number of aryl methyl sites for hydroxylation is 1. The molecule has 0 saturated carbocycles. The van der Waals surface area contributed by atoms with Gasteiger partial charge in [-0.15, -0.1) is 11.8 Å². The van der Waals surface area contributed by atoms with Crippen molar-refractivity contribution in [2.75, 3.05) is 5.75 Å². The van der Waals surface area contributed by atoms with Gasteiger partial charge in [-0.3, -0.25) is 4.79 Å². The molecule has 0 spiro atoms. The zero-order valence-electron chi connectivity index (χ0n) is 16.6. The van der Waals surface area contributed by atoms with Gasteiger partial charge in [0.25, 0.3) is 0 Å². The van der Waals surface area contributed by atoms with E-state index in [0.29, 0.717) is 11.6 Å². The molecule has 8 heteroatoms. The van der Waals surface area contributed by atoms with E-state index in [9.17, 15) is 4.79 Å². The number of rotatable bonds is 8. The largest absolute Gasteiger partial charge is 0.487 e. The van der Waals surface area contributed by atoms with E-state index < -0.39 is 0 Å². The first-order valence-electron chi connectivity index (χ1n) is 9.28. The van der Waals surface area contributed by atoms with Crippen molar-refractivity contribution in [1.82, 2.24) is 5.43 Å². The van der Waals surface area contributed by atoms with Crippen molar-refractivity contribution in [2.24, 2.45) is 5.10 Å². The number of carbonyl (C=O) groups excluding carboxylic acids is 1. The van der Waals surface area contributed by atoms with E-state index in [1.807, 2.05) is 24.3 Å². The Labute approximate surface area is 218 Å². The van der Waals surface area contributed by atoms with Gasteiger partial charge in [-0.1, -0.05) is 41.4 Å². The van der Waals surface area contributed by atoms with Crippen LogP contribution in [0.3, 0.4) is 0 Å². The molecule has 0 saturated heterocycles. The first-order valence-corrected chi connectivity index (χ1v) is 12.8. The van der Waals surface area contributed by atoms with Crippen molar-refractivity contribution in [3.8, 4) is 5.75 Å². The molecule has 1 N–H and O–H groups in total. The van der Waals surface area contributed by atoms with Crippen LogP contribution in [0.15, 0.2) is 70.7 Å². The lowest BCUT2D eigenvalue weighted by Gasteiger charge is -2.11. The zero-order chi connectivity index (χ0) is 22.2. The van der Waals surface area contributed by atoms with Gasteiger partial charge in [-0.2, -0.15) is 5.10 Å². The molecule has 3 rings (SSSR count). The van der Waals surface area contributed by atoms with Crippen LogP contribution in [-0.2, 0) is 11.4 Å². The minimum absolute atomic E-state index is 0.168. The fourth-order valence-electron chi connectivity index (χ4n) is 2.52. The number of amides is 1. The molecule has 0 aliphatic carbocycles. The Morgan fingerprint density at radius 1 is 1.10 bits per heavy atom. The van der Waals surface area contributed by atoms with Gasteiger partial charge in [0.05, 0.1) is 19.1 Å². The molecular weight excluding hydrogens is 658 g/mol. The van der Waals surface area contributed by atoms with E-state index in [4.69, 9.17) is 16.3 Å². The number of benzene rings is 3. The Hall–Kier alpha value is -1.30. The van der Waals surface area contributed by atoms with E-state index in [0.717, 1.165) is 28.9 Å². The van der Waals surface area contributed by atoms with E-state index in [1.54, 1.807) is 18.3 Å². The van der Waals surface area contributed by atoms with Gasteiger partial charge in [0.1, 0.15) is 12.4 Å². The Kier molecular flexibility index (Phi) is 9.48. The second kappa shape index (κ2) is 12.1. The summed E-state index contributed by atoms with van der Waals surface area (Å²) in [6, 6.07) is 19.6. The van der Waals surface area contributed by atoms with Crippen molar-refractivity contribution in [3.05, 3.63) is 89.5 Å². The van der Waals surface area contributed by atoms with Crippen LogP contribution in [0, 0.1) is 14.1 Å². The third kappa shape index (κ3) is 7.96. The summed E-state index contributed by atoms with van der Waals surface area (Å²) in [5.41, 5.74) is 5.81. The van der Waals surface area contributed by atoms with Gasteiger partial charge in [-0.05, 0) is 99.6 Å². The van der Waals surface area contributed by atoms with Gasteiger partial charge in [0, 0.05) is 9.92 Å². The maximum atomic E-state index is 12.0. The molecule has 0 radical (unpaired) electrons. The summed E-state index contributed by atoms with van der Waals surface area (Å²) in [5.74, 6) is 0.959. The molecule has 0 fully saturated rings. The summed E-state index contributed by atoms with van der Waals surface area (Å²) in [4.78, 5) is 13.0. The third-order valence-corrected chi connectivity index (χ3v) is 6.98. The van der Waals surface area contributed by atoms with Crippen LogP contribution in [-0.4, -0.2) is 17.9 Å². The lowest BCUT2D eigenvalue weighted by molar-refractivity contribution is -0.118. The number of ether oxygens (including phenoxy) is 1. The Bertz CT molecular complexity index is 1050. The van der Waals surface area contributed by atoms with E-state index in [1.165, 1.54) is 17.3 Å². The number of halogens is 3. The minimum Gasteiger partial charge on any atom is -0.487 e. The molecule has 0 unspecified atom stereocenters. The summed E-state index contributed by atoms with van der Waals surface area (Å²) in [6.07, 6.45) is 1.64. The fourth-order valence-corrected chi connectivity index (χ4v) is 5.47. The molecule has 3 aromatic rings. The van der Waals surface area contributed by atoms with E-state index in [2.05, 4.69) is 86.9 Å². The summed E-state index contributed by atoms with van der Waals surface area (Å²) >= 11 is 11.8. The molecule has 3 aromatic carbocycles. The van der Waals surface area contributed by atoms with Crippen LogP contribution in [0.2, 0.25) is 5.02 Å². The molecule has 160 valence electrons. The number of carbonyl (C=O) groups is 1. The fraction of sp³-hybridized carbons (Fsp3) is 0.130. The summed E-state index contributed by atoms with van der Waals surface area (Å²) in [6.45, 7) is 2.58. The molecule has 4 nitrogen and oxygen atoms in total. The number of hydrogen-bond acceptors (Lipinski definition) is 4. The molecule has 0 aromatic heterocycles. The predicted octanol–water partition coefficient (Wildman–Crippen LogP) is 6.68. The topological polar surface area (TPSA) is 50.7 Å². The van der Waals surface area contributed by atoms with E-state index >= 15 is 0 Å². The SMILES string of the molecule is Cc1ccc(COc2c(I)cc(/C=N\NC(=O)CSc3ccc(Cl)cc3)cc2I)cc1. The second-order valence-corrected chi connectivity index (χ2v) is 10.4. The zero-order valence-corrected chi connectivity index (χ0v) is 22.5. The minimum atomic E-state index is -0.168. The van der Waals surface area contributed by atoms with Gasteiger partial charge < -0.3 is 4.74 Å². The average Bonchev–Trinajstić information content (AvgIpc) is 2.74.